The monoisotopic (exact) mass is 267 g/mol. The van der Waals surface area contributed by atoms with Crippen molar-refractivity contribution in [2.45, 2.75) is 51.2 Å². The first-order valence-electron chi connectivity index (χ1n) is 6.33. The maximum Gasteiger partial charge on any atom is 0.0498 e. The SMILES string of the molecule is C[Si](C)C(CCCl)c1ccccc1C(C)(C)C. The van der Waals surface area contributed by atoms with Gasteiger partial charge in [0.2, 0.25) is 0 Å². The summed E-state index contributed by atoms with van der Waals surface area (Å²) in [6.45, 7) is 11.7. The number of hydrogen-bond acceptors (Lipinski definition) is 0. The Morgan fingerprint density at radius 1 is 1.18 bits per heavy atom. The molecule has 0 amide bonds. The van der Waals surface area contributed by atoms with Crippen molar-refractivity contribution in [2.24, 2.45) is 0 Å². The molecule has 0 fully saturated rings. The third-order valence-corrected chi connectivity index (χ3v) is 5.45. The van der Waals surface area contributed by atoms with Gasteiger partial charge in [0.25, 0.3) is 0 Å². The van der Waals surface area contributed by atoms with Gasteiger partial charge in [-0.2, -0.15) is 0 Å². The van der Waals surface area contributed by atoms with Crippen molar-refractivity contribution in [3.05, 3.63) is 35.4 Å². The van der Waals surface area contributed by atoms with E-state index in [1.807, 2.05) is 0 Å². The third kappa shape index (κ3) is 3.85. The quantitative estimate of drug-likeness (QED) is 0.533. The largest absolute Gasteiger partial charge is 0.127 e. The van der Waals surface area contributed by atoms with Crippen LogP contribution in [0.5, 0.6) is 0 Å². The van der Waals surface area contributed by atoms with Gasteiger partial charge in [0, 0.05) is 14.7 Å². The topological polar surface area (TPSA) is 0 Å². The van der Waals surface area contributed by atoms with Gasteiger partial charge in [-0.3, -0.25) is 0 Å². The number of alkyl halides is 1. The molecule has 1 atom stereocenters. The van der Waals surface area contributed by atoms with Crippen LogP contribution in [0, 0.1) is 0 Å². The van der Waals surface area contributed by atoms with Gasteiger partial charge in [-0.15, -0.1) is 11.6 Å². The maximum atomic E-state index is 5.97. The highest BCUT2D eigenvalue weighted by Crippen LogP contribution is 2.33. The summed E-state index contributed by atoms with van der Waals surface area (Å²) >= 11 is 5.97. The molecule has 1 aromatic rings. The van der Waals surface area contributed by atoms with Gasteiger partial charge in [-0.05, 0) is 28.5 Å². The Morgan fingerprint density at radius 3 is 2.24 bits per heavy atom. The van der Waals surface area contributed by atoms with E-state index in [1.54, 1.807) is 0 Å². The van der Waals surface area contributed by atoms with Crippen molar-refractivity contribution in [3.63, 3.8) is 0 Å². The van der Waals surface area contributed by atoms with Crippen molar-refractivity contribution >= 4 is 20.4 Å². The van der Waals surface area contributed by atoms with E-state index >= 15 is 0 Å². The lowest BCUT2D eigenvalue weighted by Crippen LogP contribution is -2.22. The highest BCUT2D eigenvalue weighted by molar-refractivity contribution is 6.57. The molecule has 95 valence electrons. The minimum Gasteiger partial charge on any atom is -0.127 e. The minimum absolute atomic E-state index is 0.221. The average Bonchev–Trinajstić information content (AvgIpc) is 2.24. The molecule has 1 unspecified atom stereocenters. The zero-order valence-electron chi connectivity index (χ0n) is 11.7. The van der Waals surface area contributed by atoms with Crippen LogP contribution >= 0.6 is 11.6 Å². The Bertz CT molecular complexity index is 352. The van der Waals surface area contributed by atoms with E-state index in [4.69, 9.17) is 11.6 Å². The molecule has 0 N–H and O–H groups in total. The molecule has 1 aromatic carbocycles. The van der Waals surface area contributed by atoms with Gasteiger partial charge in [0.05, 0.1) is 0 Å². The number of hydrogen-bond donors (Lipinski definition) is 0. The second-order valence-corrected chi connectivity index (χ2v) is 9.17. The molecule has 1 rings (SSSR count). The zero-order valence-corrected chi connectivity index (χ0v) is 13.4. The van der Waals surface area contributed by atoms with Crippen LogP contribution < -0.4 is 0 Å². The highest BCUT2D eigenvalue weighted by Gasteiger charge is 2.24. The predicted molar refractivity (Wildman–Crippen MR) is 80.7 cm³/mol. The van der Waals surface area contributed by atoms with Crippen LogP contribution in [0.15, 0.2) is 24.3 Å². The molecule has 0 aromatic heterocycles. The van der Waals surface area contributed by atoms with E-state index in [2.05, 4.69) is 58.1 Å². The van der Waals surface area contributed by atoms with Crippen molar-refractivity contribution in [3.8, 4) is 0 Å². The second kappa shape index (κ2) is 6.06. The molecule has 2 heteroatoms. The van der Waals surface area contributed by atoms with Crippen LogP contribution in [0.4, 0.5) is 0 Å². The van der Waals surface area contributed by atoms with Gasteiger partial charge >= 0.3 is 0 Å². The van der Waals surface area contributed by atoms with Crippen LogP contribution in [0.1, 0.15) is 43.9 Å². The Hall–Kier alpha value is -0.273. The summed E-state index contributed by atoms with van der Waals surface area (Å²) in [6, 6.07) is 8.90. The summed E-state index contributed by atoms with van der Waals surface area (Å²) in [5.41, 5.74) is 3.91. The summed E-state index contributed by atoms with van der Waals surface area (Å²) in [5.74, 6) is 0.763. The fourth-order valence-corrected chi connectivity index (χ4v) is 4.34. The molecule has 17 heavy (non-hydrogen) atoms. The summed E-state index contributed by atoms with van der Waals surface area (Å²) in [7, 11) is -0.354. The van der Waals surface area contributed by atoms with E-state index < -0.39 is 0 Å². The first-order chi connectivity index (χ1) is 7.88. The van der Waals surface area contributed by atoms with E-state index in [-0.39, 0.29) is 14.2 Å². The Morgan fingerprint density at radius 2 is 1.76 bits per heavy atom. The number of rotatable bonds is 4. The fourth-order valence-electron chi connectivity index (χ4n) is 2.35. The van der Waals surface area contributed by atoms with Crippen molar-refractivity contribution in [1.82, 2.24) is 0 Å². The van der Waals surface area contributed by atoms with Gasteiger partial charge in [-0.25, -0.2) is 0 Å². The fraction of sp³-hybridized carbons (Fsp3) is 0.600. The molecule has 0 heterocycles. The summed E-state index contributed by atoms with van der Waals surface area (Å²) in [5, 5.41) is 0. The minimum atomic E-state index is -0.354. The summed E-state index contributed by atoms with van der Waals surface area (Å²) < 4.78 is 0. The van der Waals surface area contributed by atoms with E-state index in [1.165, 1.54) is 11.1 Å². The van der Waals surface area contributed by atoms with Crippen LogP contribution in [-0.4, -0.2) is 14.7 Å². The maximum absolute atomic E-state index is 5.97. The molecule has 0 bridgehead atoms. The Labute approximate surface area is 113 Å². The first kappa shape index (κ1) is 14.8. The normalized spacial score (nSPS) is 14.1. The molecular weight excluding hydrogens is 244 g/mol. The lowest BCUT2D eigenvalue weighted by Gasteiger charge is -2.28. The Kier molecular flexibility index (Phi) is 5.27. The van der Waals surface area contributed by atoms with E-state index in [0.29, 0.717) is 5.54 Å². The molecule has 0 saturated heterocycles. The zero-order chi connectivity index (χ0) is 13.1. The van der Waals surface area contributed by atoms with E-state index in [9.17, 15) is 0 Å². The smallest absolute Gasteiger partial charge is 0.0498 e. The number of benzene rings is 1. The molecule has 0 spiro atoms. The van der Waals surface area contributed by atoms with Crippen LogP contribution in [0.2, 0.25) is 13.1 Å². The second-order valence-electron chi connectivity index (χ2n) is 5.94. The molecule has 0 saturated carbocycles. The van der Waals surface area contributed by atoms with Crippen LogP contribution in [-0.2, 0) is 5.41 Å². The molecule has 0 aliphatic heterocycles. The Balaban J connectivity index is 3.19. The molecule has 0 aliphatic carbocycles. The lowest BCUT2D eigenvalue weighted by atomic mass is 9.82. The van der Waals surface area contributed by atoms with Crippen LogP contribution in [0.3, 0.4) is 0 Å². The summed E-state index contributed by atoms with van der Waals surface area (Å²) in [6.07, 6.45) is 1.11. The van der Waals surface area contributed by atoms with Gasteiger partial charge in [-0.1, -0.05) is 58.1 Å². The van der Waals surface area contributed by atoms with Gasteiger partial charge in [0.15, 0.2) is 0 Å². The summed E-state index contributed by atoms with van der Waals surface area (Å²) in [4.78, 5) is 0. The van der Waals surface area contributed by atoms with Crippen LogP contribution in [0.25, 0.3) is 0 Å². The first-order valence-corrected chi connectivity index (χ1v) is 9.44. The lowest BCUT2D eigenvalue weighted by molar-refractivity contribution is 0.579. The molecular formula is C15H24ClSi. The van der Waals surface area contributed by atoms with Crippen molar-refractivity contribution in [2.75, 3.05) is 5.88 Å². The predicted octanol–water partition coefficient (Wildman–Crippen LogP) is 4.99. The van der Waals surface area contributed by atoms with Gasteiger partial charge in [0.1, 0.15) is 0 Å². The molecule has 1 radical (unpaired) electrons. The van der Waals surface area contributed by atoms with Crippen molar-refractivity contribution < 1.29 is 0 Å². The third-order valence-electron chi connectivity index (χ3n) is 3.24. The standard InChI is InChI=1S/C15H24ClSi/c1-15(2,3)13-9-7-6-8-12(13)14(10-11-16)17(4)5/h6-9,14H,10-11H2,1-5H3. The average molecular weight is 268 g/mol. The van der Waals surface area contributed by atoms with Crippen molar-refractivity contribution in [1.29, 1.82) is 0 Å². The molecule has 0 nitrogen and oxygen atoms in total. The highest BCUT2D eigenvalue weighted by atomic mass is 35.5. The molecule has 0 aliphatic rings. The van der Waals surface area contributed by atoms with E-state index in [0.717, 1.165) is 12.3 Å². The number of halogens is 1. The van der Waals surface area contributed by atoms with Gasteiger partial charge < -0.3 is 0 Å².